The van der Waals surface area contributed by atoms with E-state index in [9.17, 15) is 8.42 Å². The first kappa shape index (κ1) is 23.5. The second kappa shape index (κ2) is 9.28. The van der Waals surface area contributed by atoms with Crippen LogP contribution in [0.25, 0.3) is 5.65 Å². The first-order valence-corrected chi connectivity index (χ1v) is 12.6. The lowest BCUT2D eigenvalue weighted by Crippen LogP contribution is -2.30. The minimum absolute atomic E-state index is 0.240. The van der Waals surface area contributed by atoms with Gasteiger partial charge in [-0.3, -0.25) is 0 Å². The minimum Gasteiger partial charge on any atom is -0.476 e. The Bertz CT molecular complexity index is 1220. The Morgan fingerprint density at radius 3 is 2.58 bits per heavy atom. The van der Waals surface area contributed by atoms with Crippen LogP contribution >= 0.6 is 0 Å². The number of ether oxygens (including phenoxy) is 1. The van der Waals surface area contributed by atoms with Crippen molar-refractivity contribution in [2.24, 2.45) is 0 Å². The van der Waals surface area contributed by atoms with Crippen LogP contribution in [-0.4, -0.2) is 72.6 Å². The van der Waals surface area contributed by atoms with Gasteiger partial charge in [0.15, 0.2) is 5.65 Å². The maximum absolute atomic E-state index is 12.4. The van der Waals surface area contributed by atoms with E-state index in [1.165, 1.54) is 24.8 Å². The van der Waals surface area contributed by atoms with Crippen LogP contribution in [0.15, 0.2) is 41.4 Å². The number of anilines is 2. The van der Waals surface area contributed by atoms with Gasteiger partial charge in [-0.15, -0.1) is 0 Å². The maximum atomic E-state index is 12.4. The average Bonchev–Trinajstić information content (AvgIpc) is 3.38. The first-order valence-electron chi connectivity index (χ1n) is 11.2. The topological polar surface area (TPSA) is 92.1 Å². The molecule has 1 aliphatic rings. The number of fused-ring (bicyclic) bond motifs is 1. The van der Waals surface area contributed by atoms with Gasteiger partial charge in [0.2, 0.25) is 15.9 Å². The number of likely N-dealkylation sites (N-methyl/N-ethyl adjacent to an activating group) is 1. The van der Waals surface area contributed by atoms with E-state index in [1.54, 1.807) is 28.8 Å². The molecule has 10 heteroatoms. The number of likely N-dealkylation sites (tertiary alicyclic amines) is 1. The summed E-state index contributed by atoms with van der Waals surface area (Å²) in [4.78, 5) is 7.30. The molecule has 0 aliphatic carbocycles. The molecule has 0 amide bonds. The molecule has 1 saturated heterocycles. The summed E-state index contributed by atoms with van der Waals surface area (Å²) in [5, 5.41) is 7.88. The molecule has 0 radical (unpaired) electrons. The molecule has 1 fully saturated rings. The smallest absolute Gasteiger partial charge is 0.242 e. The number of benzene rings is 1. The van der Waals surface area contributed by atoms with E-state index in [1.807, 2.05) is 12.3 Å². The van der Waals surface area contributed by atoms with Gasteiger partial charge in [-0.25, -0.2) is 12.7 Å². The van der Waals surface area contributed by atoms with E-state index < -0.39 is 10.0 Å². The molecule has 178 valence electrons. The number of rotatable bonds is 8. The zero-order valence-corrected chi connectivity index (χ0v) is 20.6. The highest BCUT2D eigenvalue weighted by Gasteiger charge is 2.22. The molecule has 0 bridgehead atoms. The van der Waals surface area contributed by atoms with Crippen LogP contribution < -0.4 is 10.1 Å². The van der Waals surface area contributed by atoms with Crippen molar-refractivity contribution >= 4 is 27.2 Å². The standard InChI is InChI=1S/C23H32N6O3S/c1-16(2)20-14-24-29-21(25-17-8-10-19(11-9-17)33(30,31)27(3)4)13-22(26-23(20)29)32-15-18-7-6-12-28(18)5/h8-11,13-14,16,18,25H,6-7,12,15H2,1-5H3. The fourth-order valence-corrected chi connectivity index (χ4v) is 4.87. The van der Waals surface area contributed by atoms with E-state index in [-0.39, 0.29) is 10.8 Å². The number of hydrogen-bond donors (Lipinski definition) is 1. The van der Waals surface area contributed by atoms with Gasteiger partial charge in [-0.05, 0) is 56.6 Å². The van der Waals surface area contributed by atoms with E-state index in [2.05, 4.69) is 36.2 Å². The Labute approximate surface area is 195 Å². The highest BCUT2D eigenvalue weighted by Crippen LogP contribution is 2.28. The largest absolute Gasteiger partial charge is 0.476 e. The molecule has 1 atom stereocenters. The van der Waals surface area contributed by atoms with E-state index in [0.717, 1.165) is 29.9 Å². The van der Waals surface area contributed by atoms with Crippen molar-refractivity contribution in [3.8, 4) is 5.88 Å². The van der Waals surface area contributed by atoms with Crippen LogP contribution in [-0.2, 0) is 10.0 Å². The Hall–Kier alpha value is -2.69. The third-order valence-corrected chi connectivity index (χ3v) is 7.93. The van der Waals surface area contributed by atoms with Crippen LogP contribution in [0.3, 0.4) is 0 Å². The van der Waals surface area contributed by atoms with Crippen molar-refractivity contribution < 1.29 is 13.2 Å². The van der Waals surface area contributed by atoms with Crippen molar-refractivity contribution in [1.82, 2.24) is 23.8 Å². The molecule has 33 heavy (non-hydrogen) atoms. The van der Waals surface area contributed by atoms with Crippen molar-refractivity contribution in [2.45, 2.75) is 43.5 Å². The van der Waals surface area contributed by atoms with Gasteiger partial charge in [0, 0.05) is 37.5 Å². The molecule has 1 N–H and O–H groups in total. The van der Waals surface area contributed by atoms with Crippen LogP contribution in [0.4, 0.5) is 11.5 Å². The number of nitrogens with zero attached hydrogens (tertiary/aromatic N) is 5. The first-order chi connectivity index (χ1) is 15.7. The number of sulfonamides is 1. The van der Waals surface area contributed by atoms with E-state index in [0.29, 0.717) is 24.3 Å². The zero-order valence-electron chi connectivity index (χ0n) is 19.8. The van der Waals surface area contributed by atoms with Gasteiger partial charge < -0.3 is 15.0 Å². The molecule has 1 unspecified atom stereocenters. The second-order valence-corrected chi connectivity index (χ2v) is 11.1. The summed E-state index contributed by atoms with van der Waals surface area (Å²) in [5.41, 5.74) is 2.52. The molecule has 0 spiro atoms. The van der Waals surface area contributed by atoms with Gasteiger partial charge in [-0.1, -0.05) is 13.8 Å². The Morgan fingerprint density at radius 2 is 1.97 bits per heavy atom. The summed E-state index contributed by atoms with van der Waals surface area (Å²) < 4.78 is 33.8. The molecular formula is C23H32N6O3S. The third-order valence-electron chi connectivity index (χ3n) is 6.10. The van der Waals surface area contributed by atoms with E-state index in [4.69, 9.17) is 9.72 Å². The van der Waals surface area contributed by atoms with Gasteiger partial charge >= 0.3 is 0 Å². The quantitative estimate of drug-likeness (QED) is 0.538. The summed E-state index contributed by atoms with van der Waals surface area (Å²) in [6.07, 6.45) is 4.14. The van der Waals surface area contributed by atoms with Gasteiger partial charge in [0.05, 0.1) is 11.1 Å². The average molecular weight is 473 g/mol. The van der Waals surface area contributed by atoms with Gasteiger partial charge in [0.25, 0.3) is 0 Å². The Morgan fingerprint density at radius 1 is 1.24 bits per heavy atom. The third kappa shape index (κ3) is 4.83. The predicted octanol–water partition coefficient (Wildman–Crippen LogP) is 3.32. The van der Waals surface area contributed by atoms with Crippen molar-refractivity contribution in [1.29, 1.82) is 0 Å². The highest BCUT2D eigenvalue weighted by atomic mass is 32.2. The van der Waals surface area contributed by atoms with Crippen molar-refractivity contribution in [3.05, 3.63) is 42.1 Å². The number of hydrogen-bond acceptors (Lipinski definition) is 7. The summed E-state index contributed by atoms with van der Waals surface area (Å²) in [6, 6.07) is 8.88. The SMILES string of the molecule is CC(C)c1cnn2c(Nc3ccc(S(=O)(=O)N(C)C)cc3)cc(OCC3CCCN3C)nc12. The summed E-state index contributed by atoms with van der Waals surface area (Å²) >= 11 is 0. The lowest BCUT2D eigenvalue weighted by molar-refractivity contribution is 0.193. The van der Waals surface area contributed by atoms with Gasteiger partial charge in [0.1, 0.15) is 12.4 Å². The molecule has 4 rings (SSSR count). The van der Waals surface area contributed by atoms with E-state index >= 15 is 0 Å². The summed E-state index contributed by atoms with van der Waals surface area (Å²) in [7, 11) is 1.68. The van der Waals surface area contributed by atoms with Crippen molar-refractivity contribution in [3.63, 3.8) is 0 Å². The molecule has 2 aromatic heterocycles. The Kier molecular flexibility index (Phi) is 6.60. The lowest BCUT2D eigenvalue weighted by atomic mass is 10.1. The normalized spacial score (nSPS) is 17.4. The fraction of sp³-hybridized carbons (Fsp3) is 0.478. The van der Waals surface area contributed by atoms with Gasteiger partial charge in [-0.2, -0.15) is 14.6 Å². The van der Waals surface area contributed by atoms with Crippen LogP contribution in [0.2, 0.25) is 0 Å². The molecule has 3 aromatic rings. The minimum atomic E-state index is -3.48. The summed E-state index contributed by atoms with van der Waals surface area (Å²) in [5.74, 6) is 1.50. The van der Waals surface area contributed by atoms with Crippen molar-refractivity contribution in [2.75, 3.05) is 39.6 Å². The Balaban J connectivity index is 1.64. The molecule has 0 saturated carbocycles. The van der Waals surface area contributed by atoms with Crippen LogP contribution in [0.5, 0.6) is 5.88 Å². The maximum Gasteiger partial charge on any atom is 0.242 e. The lowest BCUT2D eigenvalue weighted by Gasteiger charge is -2.20. The molecule has 1 aliphatic heterocycles. The van der Waals surface area contributed by atoms with Crippen LogP contribution in [0.1, 0.15) is 38.2 Å². The molecule has 1 aromatic carbocycles. The molecule has 9 nitrogen and oxygen atoms in total. The fourth-order valence-electron chi connectivity index (χ4n) is 3.97. The highest BCUT2D eigenvalue weighted by molar-refractivity contribution is 7.89. The molecule has 3 heterocycles. The van der Waals surface area contributed by atoms with Crippen LogP contribution in [0, 0.1) is 0 Å². The monoisotopic (exact) mass is 472 g/mol. The number of nitrogens with one attached hydrogen (secondary N) is 1. The predicted molar refractivity (Wildman–Crippen MR) is 129 cm³/mol. The molecular weight excluding hydrogens is 440 g/mol. The summed E-state index contributed by atoms with van der Waals surface area (Å²) in [6.45, 7) is 5.89. The number of aromatic nitrogens is 3. The zero-order chi connectivity index (χ0) is 23.8. The second-order valence-electron chi connectivity index (χ2n) is 8.99.